The summed E-state index contributed by atoms with van der Waals surface area (Å²) in [4.78, 5) is 0. The third-order valence-electron chi connectivity index (χ3n) is 5.66. The minimum absolute atomic E-state index is 0.330. The fourth-order valence-electron chi connectivity index (χ4n) is 3.19. The second kappa shape index (κ2) is 10.7. The van der Waals surface area contributed by atoms with Crippen LogP contribution in [-0.2, 0) is 13.3 Å². The molecule has 0 spiro atoms. The number of alkyl halides is 21. The molecule has 1 atom stereocenters. The minimum Gasteiger partial charge on any atom is -0.377 e. The summed E-state index contributed by atoms with van der Waals surface area (Å²) in [6.07, 6.45) is -9.64. The van der Waals surface area contributed by atoms with Crippen LogP contribution in [0, 0.1) is 0 Å². The second-order valence-corrected chi connectivity index (χ2v) is 11.0. The van der Waals surface area contributed by atoms with Gasteiger partial charge in [0.25, 0.3) is 0 Å². The van der Waals surface area contributed by atoms with Crippen molar-refractivity contribution in [3.8, 4) is 0 Å². The summed E-state index contributed by atoms with van der Waals surface area (Å²) in [5.74, 6) is -77.6. The van der Waals surface area contributed by atoms with Gasteiger partial charge in [0, 0.05) is 21.3 Å². The molecule has 0 aliphatic carbocycles. The van der Waals surface area contributed by atoms with E-state index in [1.54, 1.807) is 0 Å². The van der Waals surface area contributed by atoms with Crippen molar-refractivity contribution < 1.29 is 105 Å². The van der Waals surface area contributed by atoms with E-state index in [9.17, 15) is 92.2 Å². The molecule has 0 fully saturated rings. The van der Waals surface area contributed by atoms with E-state index in [0.29, 0.717) is 28.3 Å². The average molecular weight is 682 g/mol. The Morgan fingerprint density at radius 1 is 0.415 bits per heavy atom. The summed E-state index contributed by atoms with van der Waals surface area (Å²) in [6, 6.07) is 0. The van der Waals surface area contributed by atoms with Crippen molar-refractivity contribution in [1.82, 2.24) is 0 Å². The van der Waals surface area contributed by atoms with Crippen LogP contribution >= 0.6 is 0 Å². The van der Waals surface area contributed by atoms with Crippen LogP contribution < -0.4 is 0 Å². The molecule has 0 aromatic heterocycles. The van der Waals surface area contributed by atoms with Gasteiger partial charge >= 0.3 is 68.3 Å². The first kappa shape index (κ1) is 39.6. The third kappa shape index (κ3) is 4.92. The van der Waals surface area contributed by atoms with Crippen LogP contribution in [0.2, 0.25) is 5.54 Å². The van der Waals surface area contributed by atoms with Gasteiger partial charge in [-0.25, -0.2) is 0 Å². The van der Waals surface area contributed by atoms with Gasteiger partial charge in [0.2, 0.25) is 0 Å². The molecular weight excluding hydrogens is 667 g/mol. The highest BCUT2D eigenvalue weighted by Gasteiger charge is 2.98. The molecule has 0 aromatic carbocycles. The topological polar surface area (TPSA) is 27.7 Å². The Morgan fingerprint density at radius 2 is 0.634 bits per heavy atom. The first-order valence-corrected chi connectivity index (χ1v) is 11.6. The van der Waals surface area contributed by atoms with Crippen molar-refractivity contribution in [3.63, 3.8) is 0 Å². The predicted octanol–water partition coefficient (Wildman–Crippen LogP) is 7.92. The van der Waals surface area contributed by atoms with Crippen LogP contribution in [0.15, 0.2) is 0 Å². The number of hydrogen-bond donors (Lipinski definition) is 0. The number of rotatable bonds is 14. The molecule has 1 unspecified atom stereocenters. The maximum Gasteiger partial charge on any atom is 0.509 e. The van der Waals surface area contributed by atoms with Gasteiger partial charge in [0.05, 0.1) is 5.54 Å². The van der Waals surface area contributed by atoms with Crippen LogP contribution in [0.25, 0.3) is 0 Å². The first-order chi connectivity index (χ1) is 17.6. The Bertz CT molecular complexity index is 903. The zero-order valence-electron chi connectivity index (χ0n) is 19.9. The van der Waals surface area contributed by atoms with E-state index < -0.39 is 80.2 Å². The molecule has 0 heterocycles. The Labute approximate surface area is 215 Å². The van der Waals surface area contributed by atoms with Gasteiger partial charge in [0.15, 0.2) is 0 Å². The monoisotopic (exact) mass is 682 g/mol. The van der Waals surface area contributed by atoms with Crippen LogP contribution in [0.5, 0.6) is 0 Å². The fraction of sp³-hybridized carbons (Fsp3) is 1.00. The Balaban J connectivity index is 7.34. The predicted molar refractivity (Wildman–Crippen MR) is 91.4 cm³/mol. The normalized spacial score (nSPS) is 17.2. The van der Waals surface area contributed by atoms with E-state index in [1.807, 2.05) is 0 Å². The number of hydrogen-bond acceptors (Lipinski definition) is 3. The molecule has 0 aliphatic rings. The molecule has 0 saturated heterocycles. The van der Waals surface area contributed by atoms with Crippen LogP contribution in [0.4, 0.5) is 92.2 Å². The van der Waals surface area contributed by atoms with E-state index in [2.05, 4.69) is 13.3 Å². The van der Waals surface area contributed by atoms with Crippen molar-refractivity contribution in [3.05, 3.63) is 0 Å². The summed E-state index contributed by atoms with van der Waals surface area (Å²) in [6.45, 7) is 0.399. The van der Waals surface area contributed by atoms with E-state index >= 15 is 0 Å². The Hall–Kier alpha value is -1.37. The van der Waals surface area contributed by atoms with Crippen molar-refractivity contribution in [2.45, 2.75) is 78.4 Å². The summed E-state index contributed by atoms with van der Waals surface area (Å²) in [5, 5.41) is 0. The highest BCUT2D eigenvalue weighted by Crippen LogP contribution is 2.67. The summed E-state index contributed by atoms with van der Waals surface area (Å²) in [7, 11) is -4.47. The van der Waals surface area contributed by atoms with Gasteiger partial charge in [-0.15, -0.1) is 0 Å². The van der Waals surface area contributed by atoms with Crippen molar-refractivity contribution >= 4 is 8.80 Å². The van der Waals surface area contributed by atoms with Gasteiger partial charge in [0.1, 0.15) is 0 Å². The standard InChI is InChI=1S/C16H15F21O3Si/c1-5-6(41(38-2,39-3)40-4)7(17,18)8(19,20)9(21,22)10(23,24)11(25,26)12(27,28)13(29,30)14(31,32)15(33,34)16(35,36)37/h6H,5H2,1-4H3. The summed E-state index contributed by atoms with van der Waals surface area (Å²) >= 11 is 0. The summed E-state index contributed by atoms with van der Waals surface area (Å²) in [5.41, 5.74) is -3.67. The molecule has 0 amide bonds. The Kier molecular flexibility index (Phi) is 10.3. The highest BCUT2D eigenvalue weighted by molar-refractivity contribution is 6.62. The molecule has 0 saturated carbocycles. The molecule has 0 N–H and O–H groups in total. The van der Waals surface area contributed by atoms with E-state index in [4.69, 9.17) is 0 Å². The molecule has 0 rings (SSSR count). The lowest BCUT2D eigenvalue weighted by atomic mass is 9.85. The number of halogens is 21. The van der Waals surface area contributed by atoms with Gasteiger partial charge < -0.3 is 13.3 Å². The minimum atomic E-state index is -9.22. The summed E-state index contributed by atoms with van der Waals surface area (Å²) < 4.78 is 298. The Morgan fingerprint density at radius 3 is 0.829 bits per heavy atom. The smallest absolute Gasteiger partial charge is 0.377 e. The van der Waals surface area contributed by atoms with Gasteiger partial charge in [-0.3, -0.25) is 0 Å². The van der Waals surface area contributed by atoms with Crippen LogP contribution in [0.3, 0.4) is 0 Å². The molecule has 0 radical (unpaired) electrons. The lowest BCUT2D eigenvalue weighted by molar-refractivity contribution is -0.474. The molecule has 0 aromatic rings. The van der Waals surface area contributed by atoms with Gasteiger partial charge in [-0.1, -0.05) is 6.92 Å². The van der Waals surface area contributed by atoms with Crippen molar-refractivity contribution in [1.29, 1.82) is 0 Å². The zero-order valence-corrected chi connectivity index (χ0v) is 20.9. The molecule has 41 heavy (non-hydrogen) atoms. The largest absolute Gasteiger partial charge is 0.509 e. The molecule has 248 valence electrons. The van der Waals surface area contributed by atoms with Gasteiger partial charge in [-0.2, -0.15) is 92.2 Å². The SMILES string of the molecule is CCC(C(F)(F)C(F)(F)C(F)(F)C(F)(F)C(F)(F)C(F)(F)C(F)(F)C(F)(F)C(F)(F)C(F)(F)F)[Si](OC)(OC)OC. The fourth-order valence-corrected chi connectivity index (χ4v) is 5.67. The maximum absolute atomic E-state index is 14.7. The molecular formula is C16H15F21O3Si. The van der Waals surface area contributed by atoms with Crippen molar-refractivity contribution in [2.24, 2.45) is 0 Å². The third-order valence-corrected chi connectivity index (χ3v) is 8.99. The average Bonchev–Trinajstić information content (AvgIpc) is 2.80. The quantitative estimate of drug-likeness (QED) is 0.138. The first-order valence-electron chi connectivity index (χ1n) is 9.75. The van der Waals surface area contributed by atoms with E-state index in [1.165, 1.54) is 0 Å². The molecule has 0 aliphatic heterocycles. The second-order valence-electron chi connectivity index (χ2n) is 7.89. The molecule has 0 bridgehead atoms. The van der Waals surface area contributed by atoms with Crippen molar-refractivity contribution in [2.75, 3.05) is 21.3 Å². The van der Waals surface area contributed by atoms with Gasteiger partial charge in [-0.05, 0) is 6.42 Å². The molecule has 25 heteroatoms. The highest BCUT2D eigenvalue weighted by atomic mass is 28.4. The van der Waals surface area contributed by atoms with Crippen LogP contribution in [0.1, 0.15) is 13.3 Å². The van der Waals surface area contributed by atoms with Crippen LogP contribution in [-0.4, -0.2) is 89.6 Å². The lowest BCUT2D eigenvalue weighted by Crippen LogP contribution is -2.77. The van der Waals surface area contributed by atoms with E-state index in [0.717, 1.165) is 0 Å². The lowest BCUT2D eigenvalue weighted by Gasteiger charge is -2.46. The van der Waals surface area contributed by atoms with E-state index in [-0.39, 0.29) is 0 Å². The maximum atomic E-state index is 14.7. The zero-order chi connectivity index (χ0) is 33.9. The molecule has 3 nitrogen and oxygen atoms in total.